The number of ether oxygens (including phenoxy) is 2. The molecule has 5 nitrogen and oxygen atoms in total. The topological polar surface area (TPSA) is 69.7 Å². The Labute approximate surface area is 127 Å². The van der Waals surface area contributed by atoms with Crippen molar-refractivity contribution < 1.29 is 23.9 Å². The van der Waals surface area contributed by atoms with Crippen molar-refractivity contribution in [3.8, 4) is 0 Å². The molecule has 0 bridgehead atoms. The Morgan fingerprint density at radius 2 is 1.64 bits per heavy atom. The first-order valence-electron chi connectivity index (χ1n) is 6.55. The maximum absolute atomic E-state index is 12.2. The van der Waals surface area contributed by atoms with Crippen LogP contribution in [0.1, 0.15) is 10.4 Å². The van der Waals surface area contributed by atoms with E-state index in [2.05, 4.69) is 4.74 Å². The summed E-state index contributed by atoms with van der Waals surface area (Å²) in [6, 6.07) is 12.8. The quantitative estimate of drug-likeness (QED) is 0.481. The van der Waals surface area contributed by atoms with E-state index in [1.165, 1.54) is 7.11 Å². The van der Waals surface area contributed by atoms with E-state index in [0.29, 0.717) is 5.56 Å². The minimum Gasteiger partial charge on any atom is -0.466 e. The number of benzene rings is 2. The number of carbonyl (C=O) groups is 3. The summed E-state index contributed by atoms with van der Waals surface area (Å²) < 4.78 is 9.16. The third-order valence-electron chi connectivity index (χ3n) is 2.99. The molecule has 112 valence electrons. The van der Waals surface area contributed by atoms with Gasteiger partial charge in [0.2, 0.25) is 5.78 Å². The van der Waals surface area contributed by atoms with Crippen LogP contribution >= 0.6 is 0 Å². The number of ketones is 1. The van der Waals surface area contributed by atoms with E-state index in [4.69, 9.17) is 4.74 Å². The molecule has 0 amide bonds. The van der Waals surface area contributed by atoms with Crippen LogP contribution in [-0.4, -0.2) is 31.4 Å². The predicted molar refractivity (Wildman–Crippen MR) is 80.4 cm³/mol. The van der Waals surface area contributed by atoms with Crippen LogP contribution < -0.4 is 0 Å². The average Bonchev–Trinajstić information content (AvgIpc) is 2.56. The highest BCUT2D eigenvalue weighted by atomic mass is 16.5. The number of Topliss-reactive ketones (excluding diaryl/α,β-unsaturated/α-hetero) is 1. The molecular formula is C17H14O5. The third-order valence-corrected chi connectivity index (χ3v) is 2.99. The van der Waals surface area contributed by atoms with Crippen molar-refractivity contribution in [3.63, 3.8) is 0 Å². The summed E-state index contributed by atoms with van der Waals surface area (Å²) in [6.45, 7) is -0.391. The van der Waals surface area contributed by atoms with Crippen LogP contribution in [0.4, 0.5) is 0 Å². The fourth-order valence-corrected chi connectivity index (χ4v) is 1.94. The van der Waals surface area contributed by atoms with Gasteiger partial charge in [0.1, 0.15) is 0 Å². The SMILES string of the molecule is COC(=O)/C=C/C(=O)OCC(=O)c1cccc2ccccc12. The molecule has 0 fully saturated rings. The summed E-state index contributed by atoms with van der Waals surface area (Å²) >= 11 is 0. The fourth-order valence-electron chi connectivity index (χ4n) is 1.94. The molecule has 0 heterocycles. The van der Waals surface area contributed by atoms with Crippen LogP contribution in [0.15, 0.2) is 54.6 Å². The molecule has 0 N–H and O–H groups in total. The second-order valence-corrected chi connectivity index (χ2v) is 4.41. The first kappa shape index (κ1) is 15.4. The smallest absolute Gasteiger partial charge is 0.331 e. The normalized spacial score (nSPS) is 10.6. The fraction of sp³-hybridized carbons (Fsp3) is 0.118. The Morgan fingerprint density at radius 1 is 0.955 bits per heavy atom. The largest absolute Gasteiger partial charge is 0.466 e. The van der Waals surface area contributed by atoms with Crippen molar-refractivity contribution in [2.75, 3.05) is 13.7 Å². The molecule has 2 aromatic carbocycles. The second kappa shape index (κ2) is 7.17. The van der Waals surface area contributed by atoms with Crippen LogP contribution in [0.25, 0.3) is 10.8 Å². The Bertz CT molecular complexity index is 740. The molecule has 0 aliphatic carbocycles. The zero-order valence-electron chi connectivity index (χ0n) is 11.9. The minimum atomic E-state index is -0.779. The second-order valence-electron chi connectivity index (χ2n) is 4.41. The number of rotatable bonds is 5. The zero-order valence-corrected chi connectivity index (χ0v) is 11.9. The zero-order chi connectivity index (χ0) is 15.9. The van der Waals surface area contributed by atoms with Crippen molar-refractivity contribution >= 4 is 28.5 Å². The Balaban J connectivity index is 2.04. The van der Waals surface area contributed by atoms with Crippen LogP contribution in [-0.2, 0) is 19.1 Å². The summed E-state index contributed by atoms with van der Waals surface area (Å²) in [5.41, 5.74) is 0.489. The molecule has 2 rings (SSSR count). The van der Waals surface area contributed by atoms with E-state index < -0.39 is 18.5 Å². The third kappa shape index (κ3) is 3.79. The number of esters is 2. The van der Waals surface area contributed by atoms with Gasteiger partial charge in [-0.25, -0.2) is 9.59 Å². The standard InChI is InChI=1S/C17H14O5/c1-21-16(19)9-10-17(20)22-11-15(18)14-8-4-6-12-5-2-3-7-13(12)14/h2-10H,11H2,1H3/b10-9+. The molecule has 2 aromatic rings. The van der Waals surface area contributed by atoms with Gasteiger partial charge in [-0.1, -0.05) is 42.5 Å². The van der Waals surface area contributed by atoms with Gasteiger partial charge in [0.05, 0.1) is 7.11 Å². The van der Waals surface area contributed by atoms with Gasteiger partial charge in [0.15, 0.2) is 6.61 Å². The van der Waals surface area contributed by atoms with Crippen LogP contribution in [0.5, 0.6) is 0 Å². The van der Waals surface area contributed by atoms with Crippen molar-refractivity contribution in [2.45, 2.75) is 0 Å². The van der Waals surface area contributed by atoms with Crippen LogP contribution in [0.3, 0.4) is 0 Å². The van der Waals surface area contributed by atoms with E-state index in [1.807, 2.05) is 30.3 Å². The van der Waals surface area contributed by atoms with Crippen molar-refractivity contribution in [1.82, 2.24) is 0 Å². The van der Waals surface area contributed by atoms with E-state index in [0.717, 1.165) is 22.9 Å². The molecule has 0 radical (unpaired) electrons. The van der Waals surface area contributed by atoms with Crippen LogP contribution in [0, 0.1) is 0 Å². The Morgan fingerprint density at radius 3 is 2.41 bits per heavy atom. The van der Waals surface area contributed by atoms with E-state index >= 15 is 0 Å². The first-order valence-corrected chi connectivity index (χ1v) is 6.55. The van der Waals surface area contributed by atoms with Gasteiger partial charge in [0, 0.05) is 17.7 Å². The van der Waals surface area contributed by atoms with Gasteiger partial charge in [-0.05, 0) is 10.8 Å². The highest BCUT2D eigenvalue weighted by molar-refractivity contribution is 6.09. The highest BCUT2D eigenvalue weighted by Gasteiger charge is 2.11. The van der Waals surface area contributed by atoms with Gasteiger partial charge in [-0.2, -0.15) is 0 Å². The van der Waals surface area contributed by atoms with Crippen molar-refractivity contribution in [2.24, 2.45) is 0 Å². The first-order chi connectivity index (χ1) is 10.6. The van der Waals surface area contributed by atoms with Gasteiger partial charge < -0.3 is 9.47 Å². The van der Waals surface area contributed by atoms with Crippen molar-refractivity contribution in [1.29, 1.82) is 0 Å². The lowest BCUT2D eigenvalue weighted by atomic mass is 10.0. The molecule has 0 saturated carbocycles. The maximum atomic E-state index is 12.2. The lowest BCUT2D eigenvalue weighted by molar-refractivity contribution is -0.138. The Hall–Kier alpha value is -2.95. The minimum absolute atomic E-state index is 0.309. The lowest BCUT2D eigenvalue weighted by Gasteiger charge is -2.05. The van der Waals surface area contributed by atoms with Gasteiger partial charge in [0.25, 0.3) is 0 Å². The molecule has 0 saturated heterocycles. The van der Waals surface area contributed by atoms with Crippen molar-refractivity contribution in [3.05, 3.63) is 60.2 Å². The van der Waals surface area contributed by atoms with E-state index in [1.54, 1.807) is 12.1 Å². The molecule has 0 unspecified atom stereocenters. The molecule has 0 aromatic heterocycles. The average molecular weight is 298 g/mol. The summed E-state index contributed by atoms with van der Waals surface area (Å²) in [4.78, 5) is 34.4. The number of methoxy groups -OCH3 is 1. The monoisotopic (exact) mass is 298 g/mol. The molecule has 0 aliphatic heterocycles. The highest BCUT2D eigenvalue weighted by Crippen LogP contribution is 2.18. The van der Waals surface area contributed by atoms with E-state index in [-0.39, 0.29) is 5.78 Å². The molecule has 0 spiro atoms. The lowest BCUT2D eigenvalue weighted by Crippen LogP contribution is -2.13. The molecule has 22 heavy (non-hydrogen) atoms. The summed E-state index contributed by atoms with van der Waals surface area (Å²) in [5, 5.41) is 1.74. The van der Waals surface area contributed by atoms with E-state index in [9.17, 15) is 14.4 Å². The maximum Gasteiger partial charge on any atom is 0.331 e. The number of carbonyl (C=O) groups excluding carboxylic acids is 3. The van der Waals surface area contributed by atoms with Gasteiger partial charge >= 0.3 is 11.9 Å². The number of hydrogen-bond donors (Lipinski definition) is 0. The molecule has 0 atom stereocenters. The summed E-state index contributed by atoms with van der Waals surface area (Å²) in [6.07, 6.45) is 1.85. The number of hydrogen-bond acceptors (Lipinski definition) is 5. The Kier molecular flexibility index (Phi) is 5.03. The predicted octanol–water partition coefficient (Wildman–Crippen LogP) is 2.29. The number of fused-ring (bicyclic) bond motifs is 1. The van der Waals surface area contributed by atoms with Crippen LogP contribution in [0.2, 0.25) is 0 Å². The summed E-state index contributed by atoms with van der Waals surface area (Å²) in [7, 11) is 1.20. The molecule has 5 heteroatoms. The van der Waals surface area contributed by atoms with Gasteiger partial charge in [-0.15, -0.1) is 0 Å². The summed E-state index contributed by atoms with van der Waals surface area (Å²) in [5.74, 6) is -1.76. The molecular weight excluding hydrogens is 284 g/mol. The van der Waals surface area contributed by atoms with Gasteiger partial charge in [-0.3, -0.25) is 4.79 Å². The molecule has 0 aliphatic rings.